The van der Waals surface area contributed by atoms with Gasteiger partial charge in [0.2, 0.25) is 15.9 Å². The zero-order valence-corrected chi connectivity index (χ0v) is 17.7. The summed E-state index contributed by atoms with van der Waals surface area (Å²) in [6.45, 7) is 4.68. The SMILES string of the molecule is CCc1ccc(C(=O)NNC(=O)[C@H](C)NS(=O)(=O)c2ccc(NC(C)=O)cc2)cc1. The standard InChI is InChI=1S/C20H24N4O5S/c1-4-15-5-7-16(8-6-15)20(27)23-22-19(26)13(2)24-30(28,29)18-11-9-17(10-12-18)21-14(3)25/h5-13,24H,4H2,1-3H3,(H,21,25)(H,22,26)(H,23,27)/t13-/m0/s1. The first-order valence-corrected chi connectivity index (χ1v) is 10.7. The van der Waals surface area contributed by atoms with Crippen molar-refractivity contribution in [1.82, 2.24) is 15.6 Å². The van der Waals surface area contributed by atoms with Crippen molar-refractivity contribution < 1.29 is 22.8 Å². The van der Waals surface area contributed by atoms with Crippen molar-refractivity contribution in [1.29, 1.82) is 0 Å². The van der Waals surface area contributed by atoms with Gasteiger partial charge in [0, 0.05) is 18.2 Å². The van der Waals surface area contributed by atoms with E-state index in [9.17, 15) is 22.8 Å². The molecule has 9 nitrogen and oxygen atoms in total. The van der Waals surface area contributed by atoms with Gasteiger partial charge in [-0.3, -0.25) is 25.2 Å². The van der Waals surface area contributed by atoms with Gasteiger partial charge in [0.1, 0.15) is 0 Å². The third-order valence-electron chi connectivity index (χ3n) is 4.13. The number of anilines is 1. The molecule has 2 rings (SSSR count). The number of hydrazine groups is 1. The summed E-state index contributed by atoms with van der Waals surface area (Å²) in [4.78, 5) is 35.2. The van der Waals surface area contributed by atoms with Gasteiger partial charge in [-0.25, -0.2) is 8.42 Å². The molecule has 1 atom stereocenters. The highest BCUT2D eigenvalue weighted by Crippen LogP contribution is 2.14. The quantitative estimate of drug-likeness (QED) is 0.490. The van der Waals surface area contributed by atoms with E-state index in [2.05, 4.69) is 20.9 Å². The van der Waals surface area contributed by atoms with Crippen LogP contribution in [0.25, 0.3) is 0 Å². The Labute approximate surface area is 175 Å². The minimum absolute atomic E-state index is 0.0729. The number of nitrogens with one attached hydrogen (secondary N) is 4. The summed E-state index contributed by atoms with van der Waals surface area (Å²) in [5.41, 5.74) is 6.34. The third-order valence-corrected chi connectivity index (χ3v) is 5.69. The fourth-order valence-corrected chi connectivity index (χ4v) is 3.67. The van der Waals surface area contributed by atoms with Crippen LogP contribution >= 0.6 is 0 Å². The number of carbonyl (C=O) groups excluding carboxylic acids is 3. The van der Waals surface area contributed by atoms with Gasteiger partial charge in [0.05, 0.1) is 10.9 Å². The monoisotopic (exact) mass is 432 g/mol. The van der Waals surface area contributed by atoms with Gasteiger partial charge in [0.25, 0.3) is 11.8 Å². The summed E-state index contributed by atoms with van der Waals surface area (Å²) in [7, 11) is -3.98. The number of aryl methyl sites for hydroxylation is 1. The number of hydrogen-bond donors (Lipinski definition) is 4. The normalized spacial score (nSPS) is 12.0. The van der Waals surface area contributed by atoms with Crippen molar-refractivity contribution >= 4 is 33.4 Å². The van der Waals surface area contributed by atoms with Crippen molar-refractivity contribution in [3.05, 3.63) is 59.7 Å². The minimum Gasteiger partial charge on any atom is -0.326 e. The molecular weight excluding hydrogens is 408 g/mol. The van der Waals surface area contributed by atoms with Gasteiger partial charge in [-0.1, -0.05) is 19.1 Å². The highest BCUT2D eigenvalue weighted by Gasteiger charge is 2.22. The molecule has 2 aromatic carbocycles. The number of rotatable bonds is 7. The molecule has 30 heavy (non-hydrogen) atoms. The Hall–Kier alpha value is -3.24. The van der Waals surface area contributed by atoms with Gasteiger partial charge < -0.3 is 5.32 Å². The van der Waals surface area contributed by atoms with E-state index in [0.717, 1.165) is 12.0 Å². The number of hydrogen-bond acceptors (Lipinski definition) is 5. The number of benzene rings is 2. The molecule has 0 saturated heterocycles. The van der Waals surface area contributed by atoms with Crippen LogP contribution in [0.2, 0.25) is 0 Å². The van der Waals surface area contributed by atoms with E-state index in [1.54, 1.807) is 12.1 Å². The molecule has 160 valence electrons. The lowest BCUT2D eigenvalue weighted by Gasteiger charge is -2.15. The Morgan fingerprint density at radius 1 is 0.933 bits per heavy atom. The predicted molar refractivity (Wildman–Crippen MR) is 112 cm³/mol. The molecule has 0 aliphatic rings. The Balaban J connectivity index is 1.93. The highest BCUT2D eigenvalue weighted by atomic mass is 32.2. The van der Waals surface area contributed by atoms with E-state index in [1.807, 2.05) is 19.1 Å². The Morgan fingerprint density at radius 3 is 2.07 bits per heavy atom. The molecule has 0 radical (unpaired) electrons. The van der Waals surface area contributed by atoms with E-state index >= 15 is 0 Å². The summed E-state index contributed by atoms with van der Waals surface area (Å²) in [5, 5.41) is 2.53. The van der Waals surface area contributed by atoms with Crippen LogP contribution in [0, 0.1) is 0 Å². The molecule has 0 fully saturated rings. The first-order chi connectivity index (χ1) is 14.1. The van der Waals surface area contributed by atoms with E-state index in [1.165, 1.54) is 38.1 Å². The lowest BCUT2D eigenvalue weighted by molar-refractivity contribution is -0.123. The topological polar surface area (TPSA) is 133 Å². The summed E-state index contributed by atoms with van der Waals surface area (Å²) < 4.78 is 27.1. The number of sulfonamides is 1. The molecule has 2 aromatic rings. The molecule has 0 aliphatic carbocycles. The number of amides is 3. The molecule has 4 N–H and O–H groups in total. The average molecular weight is 433 g/mol. The maximum atomic E-state index is 12.4. The Kier molecular flexibility index (Phi) is 7.67. The van der Waals surface area contributed by atoms with Gasteiger partial charge >= 0.3 is 0 Å². The van der Waals surface area contributed by atoms with E-state index in [0.29, 0.717) is 11.3 Å². The molecule has 0 bridgehead atoms. The molecule has 0 aromatic heterocycles. The molecule has 0 heterocycles. The largest absolute Gasteiger partial charge is 0.326 e. The summed E-state index contributed by atoms with van der Waals surface area (Å²) in [5.74, 6) is -1.53. The zero-order valence-electron chi connectivity index (χ0n) is 16.9. The average Bonchev–Trinajstić information content (AvgIpc) is 2.71. The van der Waals surface area contributed by atoms with E-state index in [-0.39, 0.29) is 10.8 Å². The molecular formula is C20H24N4O5S. The van der Waals surface area contributed by atoms with Crippen LogP contribution in [0.5, 0.6) is 0 Å². The molecule has 0 aliphatic heterocycles. The fourth-order valence-electron chi connectivity index (χ4n) is 2.47. The van der Waals surface area contributed by atoms with Crippen molar-refractivity contribution in [2.45, 2.75) is 38.1 Å². The Morgan fingerprint density at radius 2 is 1.53 bits per heavy atom. The lowest BCUT2D eigenvalue weighted by Crippen LogP contribution is -2.51. The predicted octanol–water partition coefficient (Wildman–Crippen LogP) is 1.34. The van der Waals surface area contributed by atoms with Gasteiger partial charge in [-0.05, 0) is 55.3 Å². The molecule has 0 unspecified atom stereocenters. The molecule has 3 amide bonds. The molecule has 0 saturated carbocycles. The first kappa shape index (κ1) is 23.0. The van der Waals surface area contributed by atoms with Crippen LogP contribution in [0.4, 0.5) is 5.69 Å². The Bertz CT molecular complexity index is 1020. The van der Waals surface area contributed by atoms with Gasteiger partial charge in [-0.2, -0.15) is 4.72 Å². The van der Waals surface area contributed by atoms with Crippen molar-refractivity contribution in [2.75, 3.05) is 5.32 Å². The molecule has 0 spiro atoms. The van der Waals surface area contributed by atoms with Crippen LogP contribution < -0.4 is 20.9 Å². The minimum atomic E-state index is -3.98. The van der Waals surface area contributed by atoms with Crippen LogP contribution in [0.15, 0.2) is 53.4 Å². The van der Waals surface area contributed by atoms with E-state index < -0.39 is 27.9 Å². The van der Waals surface area contributed by atoms with Gasteiger partial charge in [0.15, 0.2) is 0 Å². The van der Waals surface area contributed by atoms with E-state index in [4.69, 9.17) is 0 Å². The second-order valence-electron chi connectivity index (χ2n) is 6.54. The highest BCUT2D eigenvalue weighted by molar-refractivity contribution is 7.89. The van der Waals surface area contributed by atoms with Crippen LogP contribution in [0.1, 0.15) is 36.7 Å². The second-order valence-corrected chi connectivity index (χ2v) is 8.26. The van der Waals surface area contributed by atoms with Crippen molar-refractivity contribution in [2.24, 2.45) is 0 Å². The maximum absolute atomic E-state index is 12.4. The fraction of sp³-hybridized carbons (Fsp3) is 0.250. The van der Waals surface area contributed by atoms with Crippen LogP contribution in [-0.4, -0.2) is 32.2 Å². The van der Waals surface area contributed by atoms with Gasteiger partial charge in [-0.15, -0.1) is 0 Å². The maximum Gasteiger partial charge on any atom is 0.269 e. The van der Waals surface area contributed by atoms with Crippen molar-refractivity contribution in [3.8, 4) is 0 Å². The van der Waals surface area contributed by atoms with Crippen molar-refractivity contribution in [3.63, 3.8) is 0 Å². The number of carbonyl (C=O) groups is 3. The third kappa shape index (κ3) is 6.39. The smallest absolute Gasteiger partial charge is 0.269 e. The summed E-state index contributed by atoms with van der Waals surface area (Å²) in [6.07, 6.45) is 0.840. The summed E-state index contributed by atoms with van der Waals surface area (Å²) >= 11 is 0. The van der Waals surface area contributed by atoms with Crippen LogP contribution in [-0.2, 0) is 26.0 Å². The first-order valence-electron chi connectivity index (χ1n) is 9.21. The van der Waals surface area contributed by atoms with Crippen LogP contribution in [0.3, 0.4) is 0 Å². The zero-order chi connectivity index (χ0) is 22.3. The molecule has 10 heteroatoms. The summed E-state index contributed by atoms with van der Waals surface area (Å²) in [6, 6.07) is 11.2. The second kappa shape index (κ2) is 9.99. The lowest BCUT2D eigenvalue weighted by atomic mass is 10.1.